The molecule has 2 amide bonds. The van der Waals surface area contributed by atoms with Crippen LogP contribution in [-0.4, -0.2) is 69.1 Å². The van der Waals surface area contributed by atoms with Crippen LogP contribution in [0, 0.1) is 0 Å². The van der Waals surface area contributed by atoms with Crippen LogP contribution in [0.4, 0.5) is 5.69 Å². The molecule has 0 saturated carbocycles. The van der Waals surface area contributed by atoms with Crippen molar-refractivity contribution in [2.45, 2.75) is 12.0 Å². The summed E-state index contributed by atoms with van der Waals surface area (Å²) in [6, 6.07) is 22.9. The predicted molar refractivity (Wildman–Crippen MR) is 139 cm³/mol. The molecule has 2 aliphatic rings. The van der Waals surface area contributed by atoms with Crippen molar-refractivity contribution >= 4 is 17.5 Å². The van der Waals surface area contributed by atoms with Gasteiger partial charge in [-0.25, -0.2) is 0 Å². The molecule has 2 aliphatic heterocycles. The predicted octanol–water partition coefficient (Wildman–Crippen LogP) is 3.96. The second-order valence-corrected chi connectivity index (χ2v) is 9.19. The van der Waals surface area contributed by atoms with Gasteiger partial charge in [0, 0.05) is 44.5 Å². The zero-order chi connectivity index (χ0) is 25.2. The SMILES string of the molecule is COc1ccc([C@H]2[C@H](C(=O)N3CCN(c4ccccc4)CC3)c3ccccc3C(=O)N2C)cc1OC. The summed E-state index contributed by atoms with van der Waals surface area (Å²) in [7, 11) is 4.94. The third-order valence-corrected chi connectivity index (χ3v) is 7.31. The van der Waals surface area contributed by atoms with Crippen LogP contribution < -0.4 is 14.4 Å². The highest BCUT2D eigenvalue weighted by Crippen LogP contribution is 2.44. The molecule has 186 valence electrons. The molecule has 1 saturated heterocycles. The van der Waals surface area contributed by atoms with Gasteiger partial charge in [-0.1, -0.05) is 42.5 Å². The van der Waals surface area contributed by atoms with E-state index in [-0.39, 0.29) is 11.8 Å². The third kappa shape index (κ3) is 4.15. The third-order valence-electron chi connectivity index (χ3n) is 7.31. The molecule has 36 heavy (non-hydrogen) atoms. The van der Waals surface area contributed by atoms with Crippen molar-refractivity contribution in [3.63, 3.8) is 0 Å². The Hall–Kier alpha value is -4.00. The molecule has 0 aliphatic carbocycles. The van der Waals surface area contributed by atoms with E-state index in [1.54, 1.807) is 26.2 Å². The van der Waals surface area contributed by atoms with Crippen LogP contribution in [0.5, 0.6) is 11.5 Å². The fraction of sp³-hybridized carbons (Fsp3) is 0.310. The van der Waals surface area contributed by atoms with E-state index >= 15 is 0 Å². The van der Waals surface area contributed by atoms with Crippen LogP contribution in [0.2, 0.25) is 0 Å². The zero-order valence-corrected chi connectivity index (χ0v) is 20.9. The highest BCUT2D eigenvalue weighted by molar-refractivity contribution is 6.01. The van der Waals surface area contributed by atoms with E-state index in [4.69, 9.17) is 9.47 Å². The molecule has 7 heteroatoms. The van der Waals surface area contributed by atoms with Crippen LogP contribution in [0.3, 0.4) is 0 Å². The highest BCUT2D eigenvalue weighted by atomic mass is 16.5. The Bertz CT molecular complexity index is 1250. The summed E-state index contributed by atoms with van der Waals surface area (Å²) in [5, 5.41) is 0. The molecule has 2 heterocycles. The van der Waals surface area contributed by atoms with Gasteiger partial charge in [-0.15, -0.1) is 0 Å². The molecule has 0 aromatic heterocycles. The molecule has 5 rings (SSSR count). The second kappa shape index (κ2) is 9.93. The molecule has 7 nitrogen and oxygen atoms in total. The maximum atomic E-state index is 14.2. The number of benzene rings is 3. The molecule has 3 aromatic carbocycles. The normalized spacial score (nSPS) is 19.6. The van der Waals surface area contributed by atoms with Gasteiger partial charge in [0.15, 0.2) is 11.5 Å². The van der Waals surface area contributed by atoms with Gasteiger partial charge in [0.05, 0.1) is 26.2 Å². The van der Waals surface area contributed by atoms with Gasteiger partial charge in [-0.2, -0.15) is 0 Å². The second-order valence-electron chi connectivity index (χ2n) is 9.19. The van der Waals surface area contributed by atoms with Crippen molar-refractivity contribution in [2.24, 2.45) is 0 Å². The lowest BCUT2D eigenvalue weighted by molar-refractivity contribution is -0.134. The van der Waals surface area contributed by atoms with Gasteiger partial charge in [0.2, 0.25) is 5.91 Å². The average Bonchev–Trinajstić information content (AvgIpc) is 2.94. The van der Waals surface area contributed by atoms with E-state index in [0.29, 0.717) is 30.2 Å². The first kappa shape index (κ1) is 23.7. The Labute approximate surface area is 211 Å². The zero-order valence-electron chi connectivity index (χ0n) is 20.9. The molecule has 0 N–H and O–H groups in total. The summed E-state index contributed by atoms with van der Waals surface area (Å²) in [5.74, 6) is 0.589. The van der Waals surface area contributed by atoms with Gasteiger partial charge < -0.3 is 24.2 Å². The van der Waals surface area contributed by atoms with Gasteiger partial charge in [0.1, 0.15) is 0 Å². The molecule has 2 atom stereocenters. The molecule has 1 fully saturated rings. The molecule has 0 radical (unpaired) electrons. The fourth-order valence-electron chi connectivity index (χ4n) is 5.41. The lowest BCUT2D eigenvalue weighted by Crippen LogP contribution is -2.53. The van der Waals surface area contributed by atoms with Crippen molar-refractivity contribution in [1.82, 2.24) is 9.80 Å². The molecule has 0 unspecified atom stereocenters. The van der Waals surface area contributed by atoms with Crippen molar-refractivity contribution < 1.29 is 19.1 Å². The topological polar surface area (TPSA) is 62.3 Å². The van der Waals surface area contributed by atoms with Gasteiger partial charge in [0.25, 0.3) is 5.91 Å². The molecule has 3 aromatic rings. The summed E-state index contributed by atoms with van der Waals surface area (Å²) in [5.41, 5.74) is 3.36. The smallest absolute Gasteiger partial charge is 0.254 e. The maximum Gasteiger partial charge on any atom is 0.254 e. The Morgan fingerprint density at radius 2 is 1.50 bits per heavy atom. The minimum Gasteiger partial charge on any atom is -0.493 e. The first-order valence-electron chi connectivity index (χ1n) is 12.2. The van der Waals surface area contributed by atoms with Gasteiger partial charge in [-0.05, 0) is 41.5 Å². The lowest BCUT2D eigenvalue weighted by atomic mass is 9.79. The van der Waals surface area contributed by atoms with Crippen molar-refractivity contribution in [3.05, 3.63) is 89.5 Å². The summed E-state index contributed by atoms with van der Waals surface area (Å²) < 4.78 is 10.9. The summed E-state index contributed by atoms with van der Waals surface area (Å²) >= 11 is 0. The number of ether oxygens (including phenoxy) is 2. The van der Waals surface area contributed by atoms with Crippen molar-refractivity contribution in [3.8, 4) is 11.5 Å². The number of nitrogens with zero attached hydrogens (tertiary/aromatic N) is 3. The molecular weight excluding hydrogens is 454 g/mol. The number of piperazine rings is 1. The average molecular weight is 486 g/mol. The number of hydrogen-bond donors (Lipinski definition) is 0. The van der Waals surface area contributed by atoms with Crippen LogP contribution in [0.15, 0.2) is 72.8 Å². The molecule has 0 bridgehead atoms. The Balaban J connectivity index is 1.49. The Morgan fingerprint density at radius 1 is 0.833 bits per heavy atom. The number of rotatable bonds is 5. The van der Waals surface area contributed by atoms with E-state index in [9.17, 15) is 9.59 Å². The monoisotopic (exact) mass is 485 g/mol. The van der Waals surface area contributed by atoms with Crippen LogP contribution in [0.25, 0.3) is 0 Å². The van der Waals surface area contributed by atoms with Crippen molar-refractivity contribution in [1.29, 1.82) is 0 Å². The minimum atomic E-state index is -0.523. The first-order chi connectivity index (χ1) is 17.5. The number of hydrogen-bond acceptors (Lipinski definition) is 5. The fourth-order valence-corrected chi connectivity index (χ4v) is 5.41. The van der Waals surface area contributed by atoms with E-state index in [2.05, 4.69) is 17.0 Å². The lowest BCUT2D eigenvalue weighted by Gasteiger charge is -2.43. The number of carbonyl (C=O) groups excluding carboxylic acids is 2. The van der Waals surface area contributed by atoms with Gasteiger partial charge >= 0.3 is 0 Å². The quantitative estimate of drug-likeness (QED) is 0.548. The van der Waals surface area contributed by atoms with E-state index in [1.165, 1.54) is 5.69 Å². The largest absolute Gasteiger partial charge is 0.493 e. The van der Waals surface area contributed by atoms with Crippen LogP contribution >= 0.6 is 0 Å². The number of carbonyl (C=O) groups is 2. The van der Waals surface area contributed by atoms with Crippen LogP contribution in [-0.2, 0) is 4.79 Å². The molecular formula is C29H31N3O4. The number of anilines is 1. The first-order valence-corrected chi connectivity index (χ1v) is 12.2. The van der Waals surface area contributed by atoms with Crippen molar-refractivity contribution in [2.75, 3.05) is 52.3 Å². The van der Waals surface area contributed by atoms with Gasteiger partial charge in [-0.3, -0.25) is 9.59 Å². The maximum absolute atomic E-state index is 14.2. The van der Waals surface area contributed by atoms with E-state index < -0.39 is 12.0 Å². The number of methoxy groups -OCH3 is 2. The van der Waals surface area contributed by atoms with Crippen LogP contribution in [0.1, 0.15) is 33.4 Å². The summed E-state index contributed by atoms with van der Waals surface area (Å²) in [4.78, 5) is 33.5. The molecule has 0 spiro atoms. The van der Waals surface area contributed by atoms with E-state index in [0.717, 1.165) is 24.2 Å². The van der Waals surface area contributed by atoms with E-state index in [1.807, 2.05) is 65.6 Å². The number of fused-ring (bicyclic) bond motifs is 1. The standard InChI is InChI=1S/C29H31N3O4/c1-30-27(20-13-14-24(35-2)25(19-20)36-3)26(22-11-7-8-12-23(22)28(30)33)29(34)32-17-15-31(16-18-32)21-9-5-4-6-10-21/h4-14,19,26-27H,15-18H2,1-3H3/t26-,27+/m1/s1. The Morgan fingerprint density at radius 3 is 2.19 bits per heavy atom. The number of likely N-dealkylation sites (N-methyl/N-ethyl adjacent to an activating group) is 1. The Kier molecular flexibility index (Phi) is 6.55. The summed E-state index contributed by atoms with van der Waals surface area (Å²) in [6.45, 7) is 2.78. The minimum absolute atomic E-state index is 0.0364. The summed E-state index contributed by atoms with van der Waals surface area (Å²) in [6.07, 6.45) is 0. The highest BCUT2D eigenvalue weighted by Gasteiger charge is 2.44. The number of amides is 2. The number of para-hydroxylation sites is 1.